The van der Waals surface area contributed by atoms with E-state index in [-0.39, 0.29) is 18.4 Å². The quantitative estimate of drug-likeness (QED) is 0.437. The maximum Gasteiger partial charge on any atom is 0.243 e. The van der Waals surface area contributed by atoms with Crippen molar-refractivity contribution in [1.29, 1.82) is 0 Å². The van der Waals surface area contributed by atoms with Crippen molar-refractivity contribution in [2.24, 2.45) is 0 Å². The first-order valence-electron chi connectivity index (χ1n) is 4.64. The van der Waals surface area contributed by atoms with E-state index in [4.69, 9.17) is 4.74 Å². The molecule has 0 radical (unpaired) electrons. The Labute approximate surface area is 84.5 Å². The van der Waals surface area contributed by atoms with Crippen molar-refractivity contribution in [3.8, 4) is 0 Å². The van der Waals surface area contributed by atoms with Crippen molar-refractivity contribution in [2.75, 3.05) is 26.4 Å². The minimum absolute atomic E-state index is 0.00795. The molecule has 0 unspecified atom stereocenters. The van der Waals surface area contributed by atoms with E-state index in [0.717, 1.165) is 0 Å². The lowest BCUT2D eigenvalue weighted by molar-refractivity contribution is -0.121. The monoisotopic (exact) mass is 201 g/mol. The lowest BCUT2D eigenvalue weighted by Crippen LogP contribution is -2.26. The number of hydrogen-bond donors (Lipinski definition) is 1. The number of carbonyl (C=O) groups is 2. The second-order valence-corrected chi connectivity index (χ2v) is 2.66. The minimum Gasteiger partial charge on any atom is -0.472 e. The van der Waals surface area contributed by atoms with E-state index in [1.165, 1.54) is 7.85 Å². The predicted octanol–water partition coefficient (Wildman–Crippen LogP) is -0.701. The molecule has 0 saturated heterocycles. The van der Waals surface area contributed by atoms with E-state index < -0.39 is 0 Å². The molecule has 1 N–H and O–H groups in total. The summed E-state index contributed by atoms with van der Waals surface area (Å²) in [6, 6.07) is 0. The van der Waals surface area contributed by atoms with Gasteiger partial charge >= 0.3 is 0 Å². The van der Waals surface area contributed by atoms with Gasteiger partial charge in [0.05, 0.1) is 13.2 Å². The molecule has 0 fully saturated rings. The van der Waals surface area contributed by atoms with Gasteiger partial charge in [0.2, 0.25) is 19.6 Å². The van der Waals surface area contributed by atoms with Crippen LogP contribution in [0, 0.1) is 0 Å². The van der Waals surface area contributed by atoms with Gasteiger partial charge in [-0.1, -0.05) is 6.92 Å². The number of hydrogen-bond acceptors (Lipinski definition) is 4. The van der Waals surface area contributed by atoms with Crippen molar-refractivity contribution < 1.29 is 19.1 Å². The third-order valence-corrected chi connectivity index (χ3v) is 1.42. The normalized spacial score (nSPS) is 9.50. The Bertz CT molecular complexity index is 186. The Morgan fingerprint density at radius 1 is 1.29 bits per heavy atom. The van der Waals surface area contributed by atoms with Crippen LogP contribution in [0.1, 0.15) is 13.3 Å². The van der Waals surface area contributed by atoms with Gasteiger partial charge in [0.1, 0.15) is 6.61 Å². The average Bonchev–Trinajstić information content (AvgIpc) is 2.15. The molecule has 80 valence electrons. The standard InChI is InChI=1S/C8H16BNO4/c1-2-7(11)10-3-4-13-5-6-14-8(9)12/h2-6,9H2,1H3,(H,10,11). The summed E-state index contributed by atoms with van der Waals surface area (Å²) in [4.78, 5) is 21.1. The third-order valence-electron chi connectivity index (χ3n) is 1.42. The molecule has 0 heterocycles. The highest BCUT2D eigenvalue weighted by Crippen LogP contribution is 1.79. The predicted molar refractivity (Wildman–Crippen MR) is 54.0 cm³/mol. The van der Waals surface area contributed by atoms with E-state index >= 15 is 0 Å². The topological polar surface area (TPSA) is 64.6 Å². The molecule has 0 aliphatic rings. The van der Waals surface area contributed by atoms with Gasteiger partial charge in [0.25, 0.3) is 0 Å². The van der Waals surface area contributed by atoms with Gasteiger partial charge in [-0.25, -0.2) is 0 Å². The first-order valence-corrected chi connectivity index (χ1v) is 4.64. The van der Waals surface area contributed by atoms with Crippen LogP contribution in [-0.2, 0) is 14.3 Å². The molecule has 14 heavy (non-hydrogen) atoms. The maximum absolute atomic E-state index is 10.8. The van der Waals surface area contributed by atoms with E-state index in [1.54, 1.807) is 6.92 Å². The smallest absolute Gasteiger partial charge is 0.243 e. The Morgan fingerprint density at radius 3 is 2.57 bits per heavy atom. The fourth-order valence-electron chi connectivity index (χ4n) is 0.734. The lowest BCUT2D eigenvalue weighted by Gasteiger charge is -2.05. The molecule has 1 amide bonds. The molecule has 0 bridgehead atoms. The summed E-state index contributed by atoms with van der Waals surface area (Å²) in [7, 11) is 1.35. The van der Waals surface area contributed by atoms with Gasteiger partial charge in [0.15, 0.2) is 0 Å². The van der Waals surface area contributed by atoms with Crippen molar-refractivity contribution in [1.82, 2.24) is 5.32 Å². The summed E-state index contributed by atoms with van der Waals surface area (Å²) < 4.78 is 9.73. The summed E-state index contributed by atoms with van der Waals surface area (Å²) in [5, 5.41) is 2.66. The fourth-order valence-corrected chi connectivity index (χ4v) is 0.734. The molecule has 0 saturated carbocycles. The molecule has 0 atom stereocenters. The van der Waals surface area contributed by atoms with E-state index in [1.807, 2.05) is 0 Å². The van der Waals surface area contributed by atoms with Crippen LogP contribution in [0.15, 0.2) is 0 Å². The van der Waals surface area contributed by atoms with Crippen LogP contribution >= 0.6 is 0 Å². The number of amides is 1. The first kappa shape index (κ1) is 13.0. The Balaban J connectivity index is 3.06. The van der Waals surface area contributed by atoms with Gasteiger partial charge in [-0.2, -0.15) is 0 Å². The van der Waals surface area contributed by atoms with E-state index in [0.29, 0.717) is 26.2 Å². The van der Waals surface area contributed by atoms with Crippen molar-refractivity contribution in [2.45, 2.75) is 13.3 Å². The molecule has 0 aliphatic heterocycles. The average molecular weight is 201 g/mol. The third kappa shape index (κ3) is 9.06. The second-order valence-electron chi connectivity index (χ2n) is 2.66. The van der Waals surface area contributed by atoms with Crippen LogP contribution in [0.5, 0.6) is 0 Å². The summed E-state index contributed by atoms with van der Waals surface area (Å²) in [6.45, 7) is 3.34. The SMILES string of the molecule is BC(=O)OCCOCCNC(=O)CC. The van der Waals surface area contributed by atoms with Crippen LogP contribution < -0.4 is 5.32 Å². The fraction of sp³-hybridized carbons (Fsp3) is 0.750. The highest BCUT2D eigenvalue weighted by atomic mass is 16.6. The van der Waals surface area contributed by atoms with Crippen LogP contribution in [0.2, 0.25) is 0 Å². The summed E-state index contributed by atoms with van der Waals surface area (Å²) in [5.74, 6) is -0.304. The van der Waals surface area contributed by atoms with E-state index in [9.17, 15) is 9.59 Å². The van der Waals surface area contributed by atoms with Gasteiger partial charge in [-0.05, 0) is 0 Å². The molecular weight excluding hydrogens is 185 g/mol. The van der Waals surface area contributed by atoms with Gasteiger partial charge in [-0.3, -0.25) is 9.59 Å². The zero-order valence-corrected chi connectivity index (χ0v) is 8.67. The van der Waals surface area contributed by atoms with Gasteiger partial charge < -0.3 is 14.8 Å². The van der Waals surface area contributed by atoms with Crippen LogP contribution in [0.3, 0.4) is 0 Å². The summed E-state index contributed by atoms with van der Waals surface area (Å²) in [5.41, 5.74) is 0. The Kier molecular flexibility index (Phi) is 7.93. The molecule has 0 aromatic rings. The lowest BCUT2D eigenvalue weighted by atomic mass is 10.2. The number of rotatable bonds is 7. The summed E-state index contributed by atoms with van der Waals surface area (Å²) in [6.07, 6.45) is 0.480. The number of carbonyl (C=O) groups excluding carboxylic acids is 2. The zero-order chi connectivity index (χ0) is 10.8. The molecule has 0 aromatic heterocycles. The first-order chi connectivity index (χ1) is 6.66. The Hall–Kier alpha value is -1.04. The molecule has 0 aliphatic carbocycles. The zero-order valence-electron chi connectivity index (χ0n) is 8.67. The number of nitrogens with one attached hydrogen (secondary N) is 1. The molecule has 6 heteroatoms. The molecule has 5 nitrogen and oxygen atoms in total. The highest BCUT2D eigenvalue weighted by molar-refractivity contribution is 6.55. The van der Waals surface area contributed by atoms with E-state index in [2.05, 4.69) is 10.1 Å². The van der Waals surface area contributed by atoms with Crippen LogP contribution in [-0.4, -0.2) is 46.0 Å². The largest absolute Gasteiger partial charge is 0.472 e. The van der Waals surface area contributed by atoms with Crippen molar-refractivity contribution >= 4 is 19.6 Å². The summed E-state index contributed by atoms with van der Waals surface area (Å²) >= 11 is 0. The molecule has 0 rings (SSSR count). The second kappa shape index (κ2) is 8.56. The Morgan fingerprint density at radius 2 is 2.00 bits per heavy atom. The van der Waals surface area contributed by atoms with Crippen molar-refractivity contribution in [3.05, 3.63) is 0 Å². The van der Waals surface area contributed by atoms with Gasteiger partial charge in [0, 0.05) is 13.0 Å². The molecular formula is C8H16BNO4. The van der Waals surface area contributed by atoms with Crippen LogP contribution in [0.25, 0.3) is 0 Å². The van der Waals surface area contributed by atoms with Gasteiger partial charge in [-0.15, -0.1) is 0 Å². The number of ether oxygens (including phenoxy) is 2. The molecule has 0 spiro atoms. The van der Waals surface area contributed by atoms with Crippen LogP contribution in [0.4, 0.5) is 4.79 Å². The highest BCUT2D eigenvalue weighted by Gasteiger charge is 1.95. The minimum atomic E-state index is -0.312. The molecule has 0 aromatic carbocycles. The van der Waals surface area contributed by atoms with Crippen molar-refractivity contribution in [3.63, 3.8) is 0 Å². The maximum atomic E-state index is 10.8.